The van der Waals surface area contributed by atoms with Gasteiger partial charge in [-0.15, -0.1) is 0 Å². The van der Waals surface area contributed by atoms with Crippen LogP contribution in [0.4, 0.5) is 5.69 Å². The molecule has 0 aliphatic carbocycles. The maximum atomic E-state index is 11.6. The molecule has 0 radical (unpaired) electrons. The molecule has 1 unspecified atom stereocenters. The van der Waals surface area contributed by atoms with Gasteiger partial charge in [0, 0.05) is 6.07 Å². The van der Waals surface area contributed by atoms with Crippen molar-refractivity contribution in [3.8, 4) is 5.75 Å². The van der Waals surface area contributed by atoms with Gasteiger partial charge in [0.15, 0.2) is 6.10 Å². The Bertz CT molecular complexity index is 477. The lowest BCUT2D eigenvalue weighted by atomic mass is 10.2. The first-order valence-electron chi connectivity index (χ1n) is 5.76. The second-order valence-corrected chi connectivity index (χ2v) is 4.05. The molecule has 0 spiro atoms. The Hall–Kier alpha value is -1.82. The lowest BCUT2D eigenvalue weighted by Gasteiger charge is -2.16. The summed E-state index contributed by atoms with van der Waals surface area (Å²) in [5, 5.41) is 10.9. The van der Waals surface area contributed by atoms with E-state index in [1.54, 1.807) is 13.8 Å². The first-order valence-corrected chi connectivity index (χ1v) is 6.14. The molecule has 1 atom stereocenters. The fraction of sp³-hybridized carbons (Fsp3) is 0.417. The van der Waals surface area contributed by atoms with Crippen molar-refractivity contribution in [2.45, 2.75) is 26.4 Å². The Balaban J connectivity index is 2.93. The maximum absolute atomic E-state index is 11.6. The molecule has 0 aliphatic heterocycles. The van der Waals surface area contributed by atoms with Crippen molar-refractivity contribution < 1.29 is 19.2 Å². The summed E-state index contributed by atoms with van der Waals surface area (Å²) in [6.07, 6.45) is -0.461. The van der Waals surface area contributed by atoms with Crippen molar-refractivity contribution in [1.82, 2.24) is 0 Å². The van der Waals surface area contributed by atoms with Crippen LogP contribution in [-0.4, -0.2) is 23.6 Å². The Morgan fingerprint density at radius 2 is 2.16 bits per heavy atom. The predicted molar refractivity (Wildman–Crippen MR) is 69.4 cm³/mol. The van der Waals surface area contributed by atoms with Gasteiger partial charge in [-0.1, -0.05) is 18.5 Å². The van der Waals surface area contributed by atoms with E-state index in [2.05, 4.69) is 0 Å². The highest BCUT2D eigenvalue weighted by Crippen LogP contribution is 2.30. The summed E-state index contributed by atoms with van der Waals surface area (Å²) in [6, 6.07) is 3.80. The molecule has 6 nitrogen and oxygen atoms in total. The SMILES string of the molecule is CCOC(=O)C(CC)Oc1cc([N+](=O)[O-])ccc1Cl. The third-order valence-corrected chi connectivity index (χ3v) is 2.63. The summed E-state index contributed by atoms with van der Waals surface area (Å²) in [6.45, 7) is 3.67. The minimum absolute atomic E-state index is 0.0933. The minimum atomic E-state index is -0.834. The Labute approximate surface area is 115 Å². The monoisotopic (exact) mass is 287 g/mol. The van der Waals surface area contributed by atoms with Crippen LogP contribution < -0.4 is 4.74 Å². The number of hydrogen-bond donors (Lipinski definition) is 0. The van der Waals surface area contributed by atoms with E-state index in [9.17, 15) is 14.9 Å². The molecule has 1 rings (SSSR count). The number of non-ortho nitro benzene ring substituents is 1. The van der Waals surface area contributed by atoms with Crippen molar-refractivity contribution in [3.05, 3.63) is 33.3 Å². The fourth-order valence-electron chi connectivity index (χ4n) is 1.38. The fourth-order valence-corrected chi connectivity index (χ4v) is 1.54. The number of carbonyl (C=O) groups is 1. The van der Waals surface area contributed by atoms with E-state index in [0.29, 0.717) is 6.42 Å². The summed E-state index contributed by atoms with van der Waals surface area (Å²) in [5.74, 6) is -0.427. The molecule has 0 fully saturated rings. The van der Waals surface area contributed by atoms with Crippen molar-refractivity contribution in [1.29, 1.82) is 0 Å². The van der Waals surface area contributed by atoms with Crippen LogP contribution in [0, 0.1) is 10.1 Å². The second kappa shape index (κ2) is 6.94. The van der Waals surface area contributed by atoms with Gasteiger partial charge in [-0.2, -0.15) is 0 Å². The van der Waals surface area contributed by atoms with Crippen molar-refractivity contribution in [2.75, 3.05) is 6.61 Å². The van der Waals surface area contributed by atoms with Gasteiger partial charge in [0.2, 0.25) is 0 Å². The highest BCUT2D eigenvalue weighted by Gasteiger charge is 2.22. The molecule has 1 aromatic carbocycles. The molecule has 104 valence electrons. The molecule has 1 aromatic rings. The molecule has 19 heavy (non-hydrogen) atoms. The van der Waals surface area contributed by atoms with Crippen LogP contribution in [-0.2, 0) is 9.53 Å². The average Bonchev–Trinajstić information content (AvgIpc) is 2.37. The van der Waals surface area contributed by atoms with Crippen molar-refractivity contribution in [3.63, 3.8) is 0 Å². The number of halogens is 1. The molecular formula is C12H14ClNO5. The first kappa shape index (κ1) is 15.2. The number of ether oxygens (including phenoxy) is 2. The van der Waals surface area contributed by atoms with Gasteiger partial charge >= 0.3 is 5.97 Å². The van der Waals surface area contributed by atoms with Gasteiger partial charge in [0.1, 0.15) is 5.75 Å². The highest BCUT2D eigenvalue weighted by atomic mass is 35.5. The molecule has 0 saturated carbocycles. The number of nitro benzene ring substituents is 1. The van der Waals surface area contributed by atoms with Gasteiger partial charge in [0.25, 0.3) is 5.69 Å². The largest absolute Gasteiger partial charge is 0.477 e. The van der Waals surface area contributed by atoms with Gasteiger partial charge in [-0.05, 0) is 19.4 Å². The van der Waals surface area contributed by atoms with Crippen LogP contribution in [0.1, 0.15) is 20.3 Å². The highest BCUT2D eigenvalue weighted by molar-refractivity contribution is 6.32. The van der Waals surface area contributed by atoms with Gasteiger partial charge in [0.05, 0.1) is 22.6 Å². The lowest BCUT2D eigenvalue weighted by Crippen LogP contribution is -2.28. The van der Waals surface area contributed by atoms with E-state index < -0.39 is 17.0 Å². The van der Waals surface area contributed by atoms with E-state index in [1.165, 1.54) is 18.2 Å². The van der Waals surface area contributed by atoms with Crippen molar-refractivity contribution in [2.24, 2.45) is 0 Å². The van der Waals surface area contributed by atoms with Crippen LogP contribution in [0.2, 0.25) is 5.02 Å². The molecule has 0 aliphatic rings. The minimum Gasteiger partial charge on any atom is -0.477 e. The van der Waals surface area contributed by atoms with Crippen LogP contribution in [0.15, 0.2) is 18.2 Å². The van der Waals surface area contributed by atoms with E-state index in [1.807, 2.05) is 0 Å². The number of rotatable bonds is 6. The lowest BCUT2D eigenvalue weighted by molar-refractivity contribution is -0.384. The third-order valence-electron chi connectivity index (χ3n) is 2.32. The molecule has 0 aromatic heterocycles. The van der Waals surface area contributed by atoms with E-state index in [-0.39, 0.29) is 23.1 Å². The summed E-state index contributed by atoms with van der Waals surface area (Å²) >= 11 is 5.88. The first-order chi connectivity index (χ1) is 8.99. The number of carbonyl (C=O) groups excluding carboxylic acids is 1. The molecule has 0 amide bonds. The van der Waals surface area contributed by atoms with Crippen LogP contribution in [0.3, 0.4) is 0 Å². The molecule has 0 N–H and O–H groups in total. The van der Waals surface area contributed by atoms with Crippen molar-refractivity contribution >= 4 is 23.3 Å². The zero-order chi connectivity index (χ0) is 14.4. The molecular weight excluding hydrogens is 274 g/mol. The Kier molecular flexibility index (Phi) is 5.57. The number of hydrogen-bond acceptors (Lipinski definition) is 5. The average molecular weight is 288 g/mol. The van der Waals surface area contributed by atoms with Crippen LogP contribution >= 0.6 is 11.6 Å². The number of benzene rings is 1. The maximum Gasteiger partial charge on any atom is 0.347 e. The van der Waals surface area contributed by atoms with Crippen LogP contribution in [0.5, 0.6) is 5.75 Å². The van der Waals surface area contributed by atoms with E-state index in [4.69, 9.17) is 21.1 Å². The molecule has 0 saturated heterocycles. The second-order valence-electron chi connectivity index (χ2n) is 3.64. The molecule has 0 bridgehead atoms. The topological polar surface area (TPSA) is 78.7 Å². The summed E-state index contributed by atoms with van der Waals surface area (Å²) in [7, 11) is 0. The van der Waals surface area contributed by atoms with Gasteiger partial charge in [-0.25, -0.2) is 4.79 Å². The van der Waals surface area contributed by atoms with Gasteiger partial charge in [-0.3, -0.25) is 10.1 Å². The Morgan fingerprint density at radius 1 is 1.47 bits per heavy atom. The number of esters is 1. The van der Waals surface area contributed by atoms with E-state index in [0.717, 1.165) is 0 Å². The molecule has 0 heterocycles. The van der Waals surface area contributed by atoms with Crippen LogP contribution in [0.25, 0.3) is 0 Å². The third kappa shape index (κ3) is 4.10. The Morgan fingerprint density at radius 3 is 2.68 bits per heavy atom. The zero-order valence-electron chi connectivity index (χ0n) is 10.6. The summed E-state index contributed by atoms with van der Waals surface area (Å²) < 4.78 is 10.2. The smallest absolute Gasteiger partial charge is 0.347 e. The quantitative estimate of drug-likeness (QED) is 0.456. The normalized spacial score (nSPS) is 11.7. The predicted octanol–water partition coefficient (Wildman–Crippen LogP) is 2.97. The summed E-state index contributed by atoms with van der Waals surface area (Å²) in [4.78, 5) is 21.7. The summed E-state index contributed by atoms with van der Waals surface area (Å²) in [5.41, 5.74) is -0.155. The number of nitrogens with zero attached hydrogens (tertiary/aromatic N) is 1. The van der Waals surface area contributed by atoms with E-state index >= 15 is 0 Å². The number of nitro groups is 1. The molecule has 7 heteroatoms. The zero-order valence-corrected chi connectivity index (χ0v) is 11.3. The van der Waals surface area contributed by atoms with Gasteiger partial charge < -0.3 is 9.47 Å². The standard InChI is InChI=1S/C12H14ClNO5/c1-3-10(12(15)18-4-2)19-11-7-8(14(16)17)5-6-9(11)13/h5-7,10H,3-4H2,1-2H3.